The number of aromatic nitrogens is 2. The lowest BCUT2D eigenvalue weighted by Gasteiger charge is -2.27. The van der Waals surface area contributed by atoms with E-state index in [1.165, 1.54) is 6.33 Å². The summed E-state index contributed by atoms with van der Waals surface area (Å²) < 4.78 is 36.6. The molecule has 1 aromatic carbocycles. The van der Waals surface area contributed by atoms with Crippen molar-refractivity contribution in [2.24, 2.45) is 0 Å². The second-order valence-corrected chi connectivity index (χ2v) is 5.27. The highest BCUT2D eigenvalue weighted by molar-refractivity contribution is 5.91. The van der Waals surface area contributed by atoms with Gasteiger partial charge in [-0.3, -0.25) is 4.79 Å². The standard InChI is InChI=1S/C16H16F2N4O3/c17-11-1-2-13(12(18)7-11)25-9-16(23)21-14-8-15(20-10-19-14)22-3-5-24-6-4-22/h1-2,7-8,10H,3-6,9H2,(H,19,20,21,23). The molecule has 0 aliphatic carbocycles. The second-order valence-electron chi connectivity index (χ2n) is 5.27. The summed E-state index contributed by atoms with van der Waals surface area (Å²) in [4.78, 5) is 22.1. The molecule has 1 N–H and O–H groups in total. The van der Waals surface area contributed by atoms with Crippen LogP contribution < -0.4 is 15.0 Å². The zero-order valence-corrected chi connectivity index (χ0v) is 13.2. The van der Waals surface area contributed by atoms with Gasteiger partial charge in [0.15, 0.2) is 18.2 Å². The Kier molecular flexibility index (Phi) is 5.34. The zero-order chi connectivity index (χ0) is 17.6. The summed E-state index contributed by atoms with van der Waals surface area (Å²) in [5.74, 6) is -1.32. The minimum Gasteiger partial charge on any atom is -0.481 e. The lowest BCUT2D eigenvalue weighted by Crippen LogP contribution is -2.36. The number of halogens is 2. The summed E-state index contributed by atoms with van der Waals surface area (Å²) >= 11 is 0. The predicted molar refractivity (Wildman–Crippen MR) is 85.5 cm³/mol. The number of ether oxygens (including phenoxy) is 2. The minimum absolute atomic E-state index is 0.201. The first-order valence-electron chi connectivity index (χ1n) is 7.64. The van der Waals surface area contributed by atoms with Crippen LogP contribution in [0.3, 0.4) is 0 Å². The first kappa shape index (κ1) is 17.0. The van der Waals surface area contributed by atoms with Crippen molar-refractivity contribution in [3.63, 3.8) is 0 Å². The molecule has 0 radical (unpaired) electrons. The Hall–Kier alpha value is -2.81. The van der Waals surface area contributed by atoms with Gasteiger partial charge < -0.3 is 19.7 Å². The van der Waals surface area contributed by atoms with Gasteiger partial charge in [0, 0.05) is 25.2 Å². The number of nitrogens with one attached hydrogen (secondary N) is 1. The van der Waals surface area contributed by atoms with Crippen molar-refractivity contribution in [2.45, 2.75) is 0 Å². The van der Waals surface area contributed by atoms with E-state index in [4.69, 9.17) is 9.47 Å². The quantitative estimate of drug-likeness (QED) is 0.883. The van der Waals surface area contributed by atoms with Gasteiger partial charge >= 0.3 is 0 Å². The molecular formula is C16H16F2N4O3. The Morgan fingerprint density at radius 1 is 1.24 bits per heavy atom. The van der Waals surface area contributed by atoms with Crippen LogP contribution in [0.25, 0.3) is 0 Å². The number of amides is 1. The van der Waals surface area contributed by atoms with Gasteiger partial charge in [-0.25, -0.2) is 18.7 Å². The van der Waals surface area contributed by atoms with Crippen molar-refractivity contribution in [3.8, 4) is 5.75 Å². The number of carbonyl (C=O) groups excluding carboxylic acids is 1. The number of hydrogen-bond acceptors (Lipinski definition) is 6. The predicted octanol–water partition coefficient (Wildman–Crippen LogP) is 1.61. The highest BCUT2D eigenvalue weighted by Crippen LogP contribution is 2.18. The molecule has 3 rings (SSSR count). The Morgan fingerprint density at radius 2 is 2.04 bits per heavy atom. The molecule has 1 fully saturated rings. The van der Waals surface area contributed by atoms with Crippen LogP contribution in [-0.4, -0.2) is 48.8 Å². The number of hydrogen-bond donors (Lipinski definition) is 1. The number of anilines is 2. The fourth-order valence-corrected chi connectivity index (χ4v) is 2.30. The summed E-state index contributed by atoms with van der Waals surface area (Å²) in [5, 5.41) is 2.55. The summed E-state index contributed by atoms with van der Waals surface area (Å²) in [6.07, 6.45) is 1.35. The SMILES string of the molecule is O=C(COc1ccc(F)cc1F)Nc1cc(N2CCOCC2)ncn1. The van der Waals surface area contributed by atoms with Crippen LogP contribution in [0.15, 0.2) is 30.6 Å². The Balaban J connectivity index is 1.57. The van der Waals surface area contributed by atoms with Crippen LogP contribution in [0.4, 0.5) is 20.4 Å². The monoisotopic (exact) mass is 350 g/mol. The van der Waals surface area contributed by atoms with E-state index in [-0.39, 0.29) is 5.75 Å². The summed E-state index contributed by atoms with van der Waals surface area (Å²) in [5.41, 5.74) is 0. The van der Waals surface area contributed by atoms with Gasteiger partial charge in [-0.05, 0) is 12.1 Å². The zero-order valence-electron chi connectivity index (χ0n) is 13.2. The van der Waals surface area contributed by atoms with Gasteiger partial charge in [-0.1, -0.05) is 0 Å². The Labute approximate surface area is 142 Å². The molecule has 2 aromatic rings. The lowest BCUT2D eigenvalue weighted by atomic mass is 10.3. The van der Waals surface area contributed by atoms with Crippen molar-refractivity contribution in [2.75, 3.05) is 43.1 Å². The summed E-state index contributed by atoms with van der Waals surface area (Å²) in [6.45, 7) is 2.21. The number of rotatable bonds is 5. The average Bonchev–Trinajstić information content (AvgIpc) is 2.62. The van der Waals surface area contributed by atoms with Crippen LogP contribution in [0.1, 0.15) is 0 Å². The first-order valence-corrected chi connectivity index (χ1v) is 7.64. The molecule has 132 valence electrons. The molecule has 1 amide bonds. The third kappa shape index (κ3) is 4.60. The van der Waals surface area contributed by atoms with E-state index in [0.717, 1.165) is 12.1 Å². The van der Waals surface area contributed by atoms with Crippen LogP contribution in [0.5, 0.6) is 5.75 Å². The highest BCUT2D eigenvalue weighted by Gasteiger charge is 2.14. The van der Waals surface area contributed by atoms with Crippen molar-refractivity contribution in [3.05, 3.63) is 42.2 Å². The van der Waals surface area contributed by atoms with Gasteiger partial charge in [0.1, 0.15) is 23.8 Å². The molecule has 1 aliphatic rings. The van der Waals surface area contributed by atoms with Crippen molar-refractivity contribution < 1.29 is 23.0 Å². The van der Waals surface area contributed by atoms with E-state index >= 15 is 0 Å². The molecule has 7 nitrogen and oxygen atoms in total. The molecule has 0 atom stereocenters. The normalized spacial score (nSPS) is 14.2. The van der Waals surface area contributed by atoms with Crippen molar-refractivity contribution in [1.82, 2.24) is 9.97 Å². The van der Waals surface area contributed by atoms with E-state index in [9.17, 15) is 13.6 Å². The third-order valence-electron chi connectivity index (χ3n) is 3.51. The Bertz CT molecular complexity index is 754. The number of benzene rings is 1. The molecule has 25 heavy (non-hydrogen) atoms. The molecule has 0 spiro atoms. The molecular weight excluding hydrogens is 334 g/mol. The lowest BCUT2D eigenvalue weighted by molar-refractivity contribution is -0.118. The second kappa shape index (κ2) is 7.84. The fraction of sp³-hybridized carbons (Fsp3) is 0.312. The van der Waals surface area contributed by atoms with E-state index in [0.29, 0.717) is 44.0 Å². The van der Waals surface area contributed by atoms with Crippen LogP contribution in [0, 0.1) is 11.6 Å². The molecule has 0 bridgehead atoms. The van der Waals surface area contributed by atoms with Gasteiger partial charge in [-0.2, -0.15) is 0 Å². The molecule has 9 heteroatoms. The first-order chi connectivity index (χ1) is 12.1. The van der Waals surface area contributed by atoms with Gasteiger partial charge in [0.2, 0.25) is 0 Å². The third-order valence-corrected chi connectivity index (χ3v) is 3.51. The number of morpholine rings is 1. The number of nitrogens with zero attached hydrogens (tertiary/aromatic N) is 3. The number of carbonyl (C=O) groups is 1. The average molecular weight is 350 g/mol. The smallest absolute Gasteiger partial charge is 0.263 e. The van der Waals surface area contributed by atoms with Gasteiger partial charge in [0.25, 0.3) is 5.91 Å². The maximum atomic E-state index is 13.5. The minimum atomic E-state index is -0.871. The van der Waals surface area contributed by atoms with Crippen molar-refractivity contribution in [1.29, 1.82) is 0 Å². The van der Waals surface area contributed by atoms with Crippen LogP contribution in [0.2, 0.25) is 0 Å². The highest BCUT2D eigenvalue weighted by atomic mass is 19.1. The summed E-state index contributed by atoms with van der Waals surface area (Å²) in [7, 11) is 0. The summed E-state index contributed by atoms with van der Waals surface area (Å²) in [6, 6.07) is 4.50. The van der Waals surface area contributed by atoms with E-state index in [1.54, 1.807) is 6.07 Å². The van der Waals surface area contributed by atoms with Gasteiger partial charge in [-0.15, -0.1) is 0 Å². The molecule has 0 unspecified atom stereocenters. The van der Waals surface area contributed by atoms with E-state index in [2.05, 4.69) is 15.3 Å². The maximum Gasteiger partial charge on any atom is 0.263 e. The Morgan fingerprint density at radius 3 is 2.80 bits per heavy atom. The largest absolute Gasteiger partial charge is 0.481 e. The van der Waals surface area contributed by atoms with Crippen LogP contribution >= 0.6 is 0 Å². The molecule has 1 aromatic heterocycles. The molecule has 0 saturated carbocycles. The molecule has 2 heterocycles. The molecule has 1 aliphatic heterocycles. The van der Waals surface area contributed by atoms with E-state index < -0.39 is 24.1 Å². The van der Waals surface area contributed by atoms with Crippen molar-refractivity contribution >= 4 is 17.5 Å². The fourth-order valence-electron chi connectivity index (χ4n) is 2.30. The molecule has 1 saturated heterocycles. The maximum absolute atomic E-state index is 13.5. The van der Waals surface area contributed by atoms with E-state index in [1.807, 2.05) is 4.90 Å². The van der Waals surface area contributed by atoms with Gasteiger partial charge in [0.05, 0.1) is 13.2 Å². The van der Waals surface area contributed by atoms with Crippen LogP contribution in [-0.2, 0) is 9.53 Å². The topological polar surface area (TPSA) is 76.6 Å².